The molecule has 2 aromatic heterocycles. The van der Waals surface area contributed by atoms with Crippen LogP contribution >= 0.6 is 0 Å². The quantitative estimate of drug-likeness (QED) is 0.857. The molecular formula is C19H22N4O2. The summed E-state index contributed by atoms with van der Waals surface area (Å²) in [6.07, 6.45) is 8.11. The van der Waals surface area contributed by atoms with Gasteiger partial charge in [0.2, 0.25) is 0 Å². The number of carbonyl (C=O) groups is 1. The number of likely N-dealkylation sites (tertiary alicyclic amines) is 2. The molecule has 5 rings (SSSR count). The maximum absolute atomic E-state index is 12.9. The van der Waals surface area contributed by atoms with Crippen molar-refractivity contribution in [1.29, 1.82) is 0 Å². The van der Waals surface area contributed by atoms with Crippen LogP contribution in [-0.4, -0.2) is 51.0 Å². The smallest absolute Gasteiger partial charge is 0.276 e. The molecule has 6 nitrogen and oxygen atoms in total. The molecular weight excluding hydrogens is 316 g/mol. The highest BCUT2D eigenvalue weighted by Crippen LogP contribution is 2.40. The number of amides is 1. The minimum absolute atomic E-state index is 0.0337. The van der Waals surface area contributed by atoms with Gasteiger partial charge < -0.3 is 9.42 Å². The summed E-state index contributed by atoms with van der Waals surface area (Å²) in [7, 11) is 0. The van der Waals surface area contributed by atoms with Gasteiger partial charge in [0.05, 0.1) is 0 Å². The minimum Gasteiger partial charge on any atom is -0.360 e. The van der Waals surface area contributed by atoms with Crippen LogP contribution < -0.4 is 0 Å². The number of nitrogens with zero attached hydrogens (tertiary/aromatic N) is 4. The van der Waals surface area contributed by atoms with Gasteiger partial charge in [0.25, 0.3) is 5.91 Å². The zero-order valence-corrected chi connectivity index (χ0v) is 14.2. The van der Waals surface area contributed by atoms with E-state index in [-0.39, 0.29) is 5.91 Å². The summed E-state index contributed by atoms with van der Waals surface area (Å²) in [4.78, 5) is 21.6. The predicted molar refractivity (Wildman–Crippen MR) is 91.0 cm³/mol. The largest absolute Gasteiger partial charge is 0.360 e. The highest BCUT2D eigenvalue weighted by atomic mass is 16.5. The molecule has 3 aliphatic rings. The first-order valence-electron chi connectivity index (χ1n) is 9.20. The standard InChI is InChI=1S/C19H22N4O2/c24-19(15-10-18(25-21-15)14-3-4-14)23-9-6-16-17(23)5-8-22(16)12-13-2-1-7-20-11-13/h1-2,7,10-11,14,16-17H,3-6,8-9,12H2/t16-,17+/m0/s1. The Morgan fingerprint density at radius 2 is 2.08 bits per heavy atom. The van der Waals surface area contributed by atoms with Crippen LogP contribution in [0.1, 0.15) is 53.4 Å². The van der Waals surface area contributed by atoms with Gasteiger partial charge in [-0.15, -0.1) is 0 Å². The number of fused-ring (bicyclic) bond motifs is 1. The molecule has 2 aromatic rings. The summed E-state index contributed by atoms with van der Waals surface area (Å²) in [5.74, 6) is 1.40. The van der Waals surface area contributed by atoms with Gasteiger partial charge in [0, 0.05) is 56.1 Å². The summed E-state index contributed by atoms with van der Waals surface area (Å²) in [6, 6.07) is 6.70. The first-order valence-corrected chi connectivity index (χ1v) is 9.20. The second-order valence-corrected chi connectivity index (χ2v) is 7.43. The zero-order chi connectivity index (χ0) is 16.8. The Bertz CT molecular complexity index is 771. The number of carbonyl (C=O) groups excluding carboxylic acids is 1. The molecule has 2 atom stereocenters. The summed E-state index contributed by atoms with van der Waals surface area (Å²) in [5, 5.41) is 4.03. The lowest BCUT2D eigenvalue weighted by Crippen LogP contribution is -2.39. The Labute approximate surface area is 146 Å². The van der Waals surface area contributed by atoms with Crippen molar-refractivity contribution in [2.45, 2.75) is 50.2 Å². The summed E-state index contributed by atoms with van der Waals surface area (Å²) in [6.45, 7) is 2.75. The zero-order valence-electron chi connectivity index (χ0n) is 14.2. The molecule has 0 N–H and O–H groups in total. The average molecular weight is 338 g/mol. The van der Waals surface area contributed by atoms with Gasteiger partial charge in [-0.05, 0) is 37.3 Å². The molecule has 2 saturated heterocycles. The van der Waals surface area contributed by atoms with Crippen molar-refractivity contribution >= 4 is 5.91 Å². The molecule has 1 amide bonds. The monoisotopic (exact) mass is 338 g/mol. The Kier molecular flexibility index (Phi) is 3.59. The van der Waals surface area contributed by atoms with Crippen molar-refractivity contribution in [3.8, 4) is 0 Å². The highest BCUT2D eigenvalue weighted by molar-refractivity contribution is 5.92. The summed E-state index contributed by atoms with van der Waals surface area (Å²) >= 11 is 0. The van der Waals surface area contributed by atoms with E-state index < -0.39 is 0 Å². The molecule has 0 bridgehead atoms. The van der Waals surface area contributed by atoms with Crippen LogP contribution in [0.25, 0.3) is 0 Å². The highest BCUT2D eigenvalue weighted by Gasteiger charge is 2.45. The van der Waals surface area contributed by atoms with E-state index >= 15 is 0 Å². The van der Waals surface area contributed by atoms with E-state index in [2.05, 4.69) is 21.1 Å². The van der Waals surface area contributed by atoms with Crippen molar-refractivity contribution in [1.82, 2.24) is 19.9 Å². The number of aromatic nitrogens is 2. The molecule has 25 heavy (non-hydrogen) atoms. The Morgan fingerprint density at radius 1 is 1.20 bits per heavy atom. The maximum Gasteiger partial charge on any atom is 0.276 e. The fourth-order valence-corrected chi connectivity index (χ4v) is 4.35. The van der Waals surface area contributed by atoms with Crippen LogP contribution in [0.4, 0.5) is 0 Å². The molecule has 1 saturated carbocycles. The normalized spacial score (nSPS) is 26.2. The van der Waals surface area contributed by atoms with Crippen molar-refractivity contribution < 1.29 is 9.32 Å². The van der Waals surface area contributed by atoms with Crippen LogP contribution in [0.15, 0.2) is 35.1 Å². The summed E-state index contributed by atoms with van der Waals surface area (Å²) < 4.78 is 5.37. The van der Waals surface area contributed by atoms with Gasteiger partial charge >= 0.3 is 0 Å². The van der Waals surface area contributed by atoms with Crippen molar-refractivity contribution in [3.63, 3.8) is 0 Å². The summed E-state index contributed by atoms with van der Waals surface area (Å²) in [5.41, 5.74) is 1.71. The molecule has 0 spiro atoms. The van der Waals surface area contributed by atoms with Crippen LogP contribution in [0, 0.1) is 0 Å². The van der Waals surface area contributed by atoms with Crippen LogP contribution in [-0.2, 0) is 6.54 Å². The second-order valence-electron chi connectivity index (χ2n) is 7.43. The Morgan fingerprint density at radius 3 is 2.88 bits per heavy atom. The number of pyridine rings is 1. The third-order valence-corrected chi connectivity index (χ3v) is 5.79. The van der Waals surface area contributed by atoms with Crippen molar-refractivity contribution in [3.05, 3.63) is 47.6 Å². The SMILES string of the molecule is O=C(c1cc(C2CC2)on1)N1CC[C@H]2[C@H]1CCN2Cc1cccnc1. The van der Waals surface area contributed by atoms with E-state index in [0.29, 0.717) is 23.7 Å². The lowest BCUT2D eigenvalue weighted by atomic mass is 10.1. The fourth-order valence-electron chi connectivity index (χ4n) is 4.35. The molecule has 6 heteroatoms. The Hall–Kier alpha value is -2.21. The topological polar surface area (TPSA) is 62.5 Å². The third kappa shape index (κ3) is 2.74. The van der Waals surface area contributed by atoms with E-state index in [4.69, 9.17) is 4.52 Å². The van der Waals surface area contributed by atoms with Crippen LogP contribution in [0.2, 0.25) is 0 Å². The molecule has 0 radical (unpaired) electrons. The molecule has 2 aliphatic heterocycles. The number of hydrogen-bond acceptors (Lipinski definition) is 5. The van der Waals surface area contributed by atoms with E-state index in [9.17, 15) is 4.79 Å². The first-order chi connectivity index (χ1) is 12.3. The number of rotatable bonds is 4. The lowest BCUT2D eigenvalue weighted by molar-refractivity contribution is 0.0721. The van der Waals surface area contributed by atoms with Gasteiger partial charge in [0.15, 0.2) is 5.69 Å². The second kappa shape index (κ2) is 5.95. The lowest BCUT2D eigenvalue weighted by Gasteiger charge is -2.25. The molecule has 0 aromatic carbocycles. The van der Waals surface area contributed by atoms with Crippen LogP contribution in [0.3, 0.4) is 0 Å². The molecule has 4 heterocycles. The van der Waals surface area contributed by atoms with Gasteiger partial charge in [-0.2, -0.15) is 0 Å². The van der Waals surface area contributed by atoms with Gasteiger partial charge in [-0.3, -0.25) is 14.7 Å². The van der Waals surface area contributed by atoms with Crippen LogP contribution in [0.5, 0.6) is 0 Å². The van der Waals surface area contributed by atoms with Gasteiger partial charge in [-0.25, -0.2) is 0 Å². The van der Waals surface area contributed by atoms with E-state index in [1.165, 1.54) is 5.56 Å². The Balaban J connectivity index is 1.28. The number of hydrogen-bond donors (Lipinski definition) is 0. The molecule has 1 aliphatic carbocycles. The maximum atomic E-state index is 12.9. The first kappa shape index (κ1) is 15.1. The molecule has 0 unspecified atom stereocenters. The predicted octanol–water partition coefficient (Wildman–Crippen LogP) is 2.44. The van der Waals surface area contributed by atoms with E-state index in [1.807, 2.05) is 23.2 Å². The molecule has 3 fully saturated rings. The average Bonchev–Trinajstić information content (AvgIpc) is 3.07. The van der Waals surface area contributed by atoms with Crippen molar-refractivity contribution in [2.24, 2.45) is 0 Å². The van der Waals surface area contributed by atoms with E-state index in [1.54, 1.807) is 6.20 Å². The molecule has 130 valence electrons. The fraction of sp³-hybridized carbons (Fsp3) is 0.526. The van der Waals surface area contributed by atoms with Gasteiger partial charge in [-0.1, -0.05) is 11.2 Å². The minimum atomic E-state index is 0.0337. The third-order valence-electron chi connectivity index (χ3n) is 5.79. The van der Waals surface area contributed by atoms with Gasteiger partial charge in [0.1, 0.15) is 5.76 Å². The van der Waals surface area contributed by atoms with Crippen molar-refractivity contribution in [2.75, 3.05) is 13.1 Å². The van der Waals surface area contributed by atoms with E-state index in [0.717, 1.165) is 51.1 Å².